The minimum absolute atomic E-state index is 0.0820. The number of carbonyl (C=O) groups excluding carboxylic acids is 2. The molecule has 0 saturated heterocycles. The van der Waals surface area contributed by atoms with E-state index in [0.29, 0.717) is 28.4 Å². The van der Waals surface area contributed by atoms with E-state index in [4.69, 9.17) is 21.7 Å². The van der Waals surface area contributed by atoms with Crippen molar-refractivity contribution in [3.05, 3.63) is 48.0 Å². The Bertz CT molecular complexity index is 884. The lowest BCUT2D eigenvalue weighted by Gasteiger charge is -2.13. The zero-order chi connectivity index (χ0) is 20.7. The Morgan fingerprint density at radius 1 is 0.929 bits per heavy atom. The highest BCUT2D eigenvalue weighted by Gasteiger charge is 2.12. The van der Waals surface area contributed by atoms with Gasteiger partial charge in [0.05, 0.1) is 14.2 Å². The maximum absolute atomic E-state index is 12.4. The van der Waals surface area contributed by atoms with E-state index in [-0.39, 0.29) is 22.8 Å². The standard InChI is InChI=1S/C20H23N3O4S/c1-12(2)18(24)21-14-6-5-7-15(11-14)22-20(28)23-19(25)13-8-9-16(26-3)17(10-13)27-4/h5-12H,1-4H3,(H,21,24)(H2,22,23,25,28). The van der Waals surface area contributed by atoms with Gasteiger partial charge in [-0.1, -0.05) is 19.9 Å². The van der Waals surface area contributed by atoms with Crippen LogP contribution in [0.1, 0.15) is 24.2 Å². The van der Waals surface area contributed by atoms with Gasteiger partial charge in [0.15, 0.2) is 16.6 Å². The van der Waals surface area contributed by atoms with Gasteiger partial charge in [0.25, 0.3) is 5.91 Å². The first-order chi connectivity index (χ1) is 13.3. The number of hydrogen-bond donors (Lipinski definition) is 3. The quantitative estimate of drug-likeness (QED) is 0.643. The minimum Gasteiger partial charge on any atom is -0.493 e. The fraction of sp³-hybridized carbons (Fsp3) is 0.250. The average Bonchev–Trinajstić information content (AvgIpc) is 2.67. The highest BCUT2D eigenvalue weighted by atomic mass is 32.1. The number of methoxy groups -OCH3 is 2. The molecule has 0 aromatic heterocycles. The molecular weight excluding hydrogens is 378 g/mol. The van der Waals surface area contributed by atoms with Crippen molar-refractivity contribution >= 4 is 40.5 Å². The highest BCUT2D eigenvalue weighted by molar-refractivity contribution is 7.80. The van der Waals surface area contributed by atoms with Gasteiger partial charge in [-0.25, -0.2) is 0 Å². The number of carbonyl (C=O) groups is 2. The number of anilines is 2. The Hall–Kier alpha value is -3.13. The van der Waals surface area contributed by atoms with Crippen LogP contribution in [0.25, 0.3) is 0 Å². The molecule has 7 nitrogen and oxygen atoms in total. The van der Waals surface area contributed by atoms with Gasteiger partial charge >= 0.3 is 0 Å². The van der Waals surface area contributed by atoms with Crippen LogP contribution >= 0.6 is 12.2 Å². The maximum Gasteiger partial charge on any atom is 0.257 e. The summed E-state index contributed by atoms with van der Waals surface area (Å²) in [6.07, 6.45) is 0. The summed E-state index contributed by atoms with van der Waals surface area (Å²) in [6, 6.07) is 11.9. The predicted molar refractivity (Wildman–Crippen MR) is 113 cm³/mol. The van der Waals surface area contributed by atoms with E-state index in [0.717, 1.165) is 0 Å². The second-order valence-electron chi connectivity index (χ2n) is 6.20. The molecule has 2 rings (SSSR count). The van der Waals surface area contributed by atoms with Crippen molar-refractivity contribution in [2.24, 2.45) is 5.92 Å². The number of thiocarbonyl (C=S) groups is 1. The monoisotopic (exact) mass is 401 g/mol. The third-order valence-corrected chi connectivity index (χ3v) is 3.99. The third-order valence-electron chi connectivity index (χ3n) is 3.79. The summed E-state index contributed by atoms with van der Waals surface area (Å²) in [5.41, 5.74) is 1.65. The van der Waals surface area contributed by atoms with Crippen LogP contribution in [0.15, 0.2) is 42.5 Å². The van der Waals surface area contributed by atoms with Crippen molar-refractivity contribution in [1.82, 2.24) is 5.32 Å². The van der Waals surface area contributed by atoms with Crippen LogP contribution in [0.3, 0.4) is 0 Å². The Balaban J connectivity index is 2.02. The van der Waals surface area contributed by atoms with E-state index in [1.54, 1.807) is 42.5 Å². The summed E-state index contributed by atoms with van der Waals surface area (Å²) in [5.74, 6) is 0.380. The van der Waals surface area contributed by atoms with E-state index in [9.17, 15) is 9.59 Å². The second-order valence-corrected chi connectivity index (χ2v) is 6.61. The molecule has 0 radical (unpaired) electrons. The number of ether oxygens (including phenoxy) is 2. The zero-order valence-corrected chi connectivity index (χ0v) is 17.0. The molecule has 0 saturated carbocycles. The van der Waals surface area contributed by atoms with Crippen LogP contribution in [-0.2, 0) is 4.79 Å². The van der Waals surface area contributed by atoms with Crippen molar-refractivity contribution in [2.75, 3.05) is 24.9 Å². The lowest BCUT2D eigenvalue weighted by atomic mass is 10.2. The highest BCUT2D eigenvalue weighted by Crippen LogP contribution is 2.27. The lowest BCUT2D eigenvalue weighted by Crippen LogP contribution is -2.34. The molecule has 0 spiro atoms. The summed E-state index contributed by atoms with van der Waals surface area (Å²) in [4.78, 5) is 24.2. The molecule has 0 atom stereocenters. The fourth-order valence-electron chi connectivity index (χ4n) is 2.28. The number of rotatable bonds is 6. The maximum atomic E-state index is 12.4. The third kappa shape index (κ3) is 5.68. The summed E-state index contributed by atoms with van der Waals surface area (Å²) in [7, 11) is 3.02. The Morgan fingerprint density at radius 3 is 2.18 bits per heavy atom. The number of amides is 2. The van der Waals surface area contributed by atoms with E-state index in [2.05, 4.69) is 16.0 Å². The van der Waals surface area contributed by atoms with Crippen LogP contribution in [0.4, 0.5) is 11.4 Å². The molecule has 2 aromatic rings. The van der Waals surface area contributed by atoms with Gasteiger partial charge in [-0.05, 0) is 48.6 Å². The molecule has 0 fully saturated rings. The molecule has 0 aliphatic carbocycles. The summed E-state index contributed by atoms with van der Waals surface area (Å²) in [6.45, 7) is 3.63. The molecule has 28 heavy (non-hydrogen) atoms. The zero-order valence-electron chi connectivity index (χ0n) is 16.2. The normalized spacial score (nSPS) is 10.2. The lowest BCUT2D eigenvalue weighted by molar-refractivity contribution is -0.118. The SMILES string of the molecule is COc1ccc(C(=O)NC(=S)Nc2cccc(NC(=O)C(C)C)c2)cc1OC. The van der Waals surface area contributed by atoms with Gasteiger partial charge in [-0.2, -0.15) is 0 Å². The largest absolute Gasteiger partial charge is 0.493 e. The smallest absolute Gasteiger partial charge is 0.257 e. The van der Waals surface area contributed by atoms with E-state index < -0.39 is 0 Å². The van der Waals surface area contributed by atoms with Crippen molar-refractivity contribution in [3.63, 3.8) is 0 Å². The van der Waals surface area contributed by atoms with Crippen molar-refractivity contribution in [2.45, 2.75) is 13.8 Å². The van der Waals surface area contributed by atoms with E-state index in [1.807, 2.05) is 13.8 Å². The topological polar surface area (TPSA) is 88.7 Å². The van der Waals surface area contributed by atoms with E-state index >= 15 is 0 Å². The first-order valence-electron chi connectivity index (χ1n) is 8.59. The second kappa shape index (κ2) is 9.70. The molecule has 0 unspecified atom stereocenters. The van der Waals surface area contributed by atoms with E-state index in [1.165, 1.54) is 14.2 Å². The Morgan fingerprint density at radius 2 is 1.57 bits per heavy atom. The molecule has 2 amide bonds. The van der Waals surface area contributed by atoms with Crippen LogP contribution in [0.2, 0.25) is 0 Å². The number of benzene rings is 2. The first kappa shape index (κ1) is 21.2. The van der Waals surface area contributed by atoms with Crippen LogP contribution < -0.4 is 25.4 Å². The number of hydrogen-bond acceptors (Lipinski definition) is 5. The van der Waals surface area contributed by atoms with Crippen LogP contribution in [0, 0.1) is 5.92 Å². The van der Waals surface area contributed by atoms with Crippen molar-refractivity contribution in [3.8, 4) is 11.5 Å². The molecule has 8 heteroatoms. The predicted octanol–water partition coefficient (Wildman–Crippen LogP) is 3.43. The minimum atomic E-state index is -0.386. The van der Waals surface area contributed by atoms with Gasteiger partial charge in [0.2, 0.25) is 5.91 Å². The van der Waals surface area contributed by atoms with Crippen LogP contribution in [0.5, 0.6) is 11.5 Å². The summed E-state index contributed by atoms with van der Waals surface area (Å²) >= 11 is 5.21. The summed E-state index contributed by atoms with van der Waals surface area (Å²) < 4.78 is 10.4. The van der Waals surface area contributed by atoms with Gasteiger partial charge in [-0.3, -0.25) is 14.9 Å². The molecule has 3 N–H and O–H groups in total. The van der Waals surface area contributed by atoms with Gasteiger partial charge in [-0.15, -0.1) is 0 Å². The molecular formula is C20H23N3O4S. The van der Waals surface area contributed by atoms with Crippen molar-refractivity contribution in [1.29, 1.82) is 0 Å². The molecule has 0 bridgehead atoms. The molecule has 148 valence electrons. The Kier molecular flexibility index (Phi) is 7.34. The summed E-state index contributed by atoms with van der Waals surface area (Å²) in [5, 5.41) is 8.48. The molecule has 2 aromatic carbocycles. The van der Waals surface area contributed by atoms with Gasteiger partial charge in [0, 0.05) is 22.9 Å². The van der Waals surface area contributed by atoms with Crippen molar-refractivity contribution < 1.29 is 19.1 Å². The molecule has 0 aliphatic rings. The van der Waals surface area contributed by atoms with Gasteiger partial charge in [0.1, 0.15) is 0 Å². The first-order valence-corrected chi connectivity index (χ1v) is 9.00. The molecule has 0 heterocycles. The Labute approximate surface area is 169 Å². The fourth-order valence-corrected chi connectivity index (χ4v) is 2.49. The van der Waals surface area contributed by atoms with Gasteiger partial charge < -0.3 is 20.1 Å². The van der Waals surface area contributed by atoms with Crippen LogP contribution in [-0.4, -0.2) is 31.1 Å². The number of nitrogens with one attached hydrogen (secondary N) is 3. The average molecular weight is 401 g/mol. The molecule has 0 aliphatic heterocycles.